The largest absolute Gasteiger partial charge is 0.483 e. The second kappa shape index (κ2) is 10.6. The zero-order valence-corrected chi connectivity index (χ0v) is 17.1. The van der Waals surface area contributed by atoms with E-state index in [1.807, 2.05) is 48.5 Å². The predicted octanol–water partition coefficient (Wildman–Crippen LogP) is 2.65. The Balaban J connectivity index is 1.47. The molecule has 0 bridgehead atoms. The number of carbonyl (C=O) groups is 3. The van der Waals surface area contributed by atoms with E-state index < -0.39 is 11.8 Å². The van der Waals surface area contributed by atoms with Crippen molar-refractivity contribution in [2.24, 2.45) is 0 Å². The number of amides is 3. The fraction of sp³-hybridized carbons (Fsp3) is 0.125. The Morgan fingerprint density at radius 1 is 0.774 bits per heavy atom. The summed E-state index contributed by atoms with van der Waals surface area (Å²) in [7, 11) is 1.51. The second-order valence-electron chi connectivity index (χ2n) is 6.77. The molecule has 158 valence electrons. The molecule has 0 saturated heterocycles. The fourth-order valence-electron chi connectivity index (χ4n) is 2.90. The van der Waals surface area contributed by atoms with Crippen molar-refractivity contribution >= 4 is 17.7 Å². The third-order valence-electron chi connectivity index (χ3n) is 4.42. The molecule has 31 heavy (non-hydrogen) atoms. The number of hydrazine groups is 1. The van der Waals surface area contributed by atoms with E-state index in [2.05, 4.69) is 10.9 Å². The second-order valence-corrected chi connectivity index (χ2v) is 6.77. The first kappa shape index (κ1) is 21.6. The van der Waals surface area contributed by atoms with Crippen molar-refractivity contribution in [3.8, 4) is 16.9 Å². The molecule has 0 aliphatic heterocycles. The summed E-state index contributed by atoms with van der Waals surface area (Å²) in [4.78, 5) is 37.7. The first-order chi connectivity index (χ1) is 15.0. The Hall–Kier alpha value is -4.13. The van der Waals surface area contributed by atoms with E-state index in [-0.39, 0.29) is 19.1 Å². The molecule has 0 spiro atoms. The molecule has 0 heterocycles. The SMILES string of the molecule is CN(CC(=O)NNC(=O)COc1ccccc1-c1ccccc1)C(=O)c1ccccc1. The molecule has 3 aromatic carbocycles. The summed E-state index contributed by atoms with van der Waals surface area (Å²) in [5.41, 5.74) is 6.90. The Bertz CT molecular complexity index is 1040. The number of para-hydroxylation sites is 1. The van der Waals surface area contributed by atoms with Gasteiger partial charge in [0.1, 0.15) is 12.3 Å². The molecule has 3 rings (SSSR count). The quantitative estimate of drug-likeness (QED) is 0.579. The molecule has 0 unspecified atom stereocenters. The number of benzene rings is 3. The minimum atomic E-state index is -0.523. The van der Waals surface area contributed by atoms with Gasteiger partial charge in [0.15, 0.2) is 6.61 Å². The topological polar surface area (TPSA) is 87.7 Å². The number of hydrogen-bond acceptors (Lipinski definition) is 4. The molecule has 2 N–H and O–H groups in total. The zero-order chi connectivity index (χ0) is 22.1. The summed E-state index contributed by atoms with van der Waals surface area (Å²) >= 11 is 0. The van der Waals surface area contributed by atoms with Gasteiger partial charge in [0.2, 0.25) is 0 Å². The summed E-state index contributed by atoms with van der Waals surface area (Å²) in [6.45, 7) is -0.478. The van der Waals surface area contributed by atoms with Crippen molar-refractivity contribution in [3.05, 3.63) is 90.5 Å². The smallest absolute Gasteiger partial charge is 0.276 e. The van der Waals surface area contributed by atoms with Crippen molar-refractivity contribution in [1.29, 1.82) is 0 Å². The van der Waals surface area contributed by atoms with Crippen LogP contribution < -0.4 is 15.6 Å². The van der Waals surface area contributed by atoms with Crippen molar-refractivity contribution in [3.63, 3.8) is 0 Å². The number of rotatable bonds is 7. The van der Waals surface area contributed by atoms with Gasteiger partial charge in [-0.3, -0.25) is 25.2 Å². The fourth-order valence-corrected chi connectivity index (χ4v) is 2.90. The van der Waals surface area contributed by atoms with E-state index in [0.717, 1.165) is 11.1 Å². The van der Waals surface area contributed by atoms with Crippen molar-refractivity contribution in [2.45, 2.75) is 0 Å². The first-order valence-electron chi connectivity index (χ1n) is 9.70. The van der Waals surface area contributed by atoms with Gasteiger partial charge in [0.05, 0.1) is 0 Å². The van der Waals surface area contributed by atoms with E-state index in [1.165, 1.54) is 11.9 Å². The van der Waals surface area contributed by atoms with Crippen LogP contribution in [0.25, 0.3) is 11.1 Å². The lowest BCUT2D eigenvalue weighted by Gasteiger charge is -2.17. The van der Waals surface area contributed by atoms with E-state index >= 15 is 0 Å². The van der Waals surface area contributed by atoms with Gasteiger partial charge in [-0.1, -0.05) is 66.7 Å². The van der Waals surface area contributed by atoms with Crippen LogP contribution >= 0.6 is 0 Å². The Kier molecular flexibility index (Phi) is 7.37. The van der Waals surface area contributed by atoms with Crippen LogP contribution in [0, 0.1) is 0 Å². The maximum Gasteiger partial charge on any atom is 0.276 e. The van der Waals surface area contributed by atoms with Crippen molar-refractivity contribution in [2.75, 3.05) is 20.2 Å². The third-order valence-corrected chi connectivity index (χ3v) is 4.42. The lowest BCUT2D eigenvalue weighted by atomic mass is 10.1. The van der Waals surface area contributed by atoms with Gasteiger partial charge in [0.25, 0.3) is 17.7 Å². The van der Waals surface area contributed by atoms with E-state index in [9.17, 15) is 14.4 Å². The average Bonchev–Trinajstić information content (AvgIpc) is 2.82. The van der Waals surface area contributed by atoms with Gasteiger partial charge in [-0.05, 0) is 23.8 Å². The van der Waals surface area contributed by atoms with Gasteiger partial charge in [-0.2, -0.15) is 0 Å². The van der Waals surface area contributed by atoms with Crippen LogP contribution in [0.3, 0.4) is 0 Å². The first-order valence-corrected chi connectivity index (χ1v) is 9.70. The summed E-state index contributed by atoms with van der Waals surface area (Å²) in [6, 6.07) is 25.7. The van der Waals surface area contributed by atoms with Crippen LogP contribution in [-0.4, -0.2) is 42.8 Å². The van der Waals surface area contributed by atoms with Crippen molar-refractivity contribution in [1.82, 2.24) is 15.8 Å². The molecule has 7 heteroatoms. The average molecular weight is 417 g/mol. The van der Waals surface area contributed by atoms with Crippen molar-refractivity contribution < 1.29 is 19.1 Å². The van der Waals surface area contributed by atoms with Gasteiger partial charge < -0.3 is 9.64 Å². The highest BCUT2D eigenvalue weighted by molar-refractivity contribution is 5.96. The minimum absolute atomic E-state index is 0.203. The van der Waals surface area contributed by atoms with Crippen LogP contribution in [0.15, 0.2) is 84.9 Å². The maximum absolute atomic E-state index is 12.3. The number of ether oxygens (including phenoxy) is 1. The molecule has 3 aromatic rings. The number of hydrogen-bond donors (Lipinski definition) is 2. The summed E-state index contributed by atoms with van der Waals surface area (Å²) in [5, 5.41) is 0. The molecular weight excluding hydrogens is 394 g/mol. The lowest BCUT2D eigenvalue weighted by molar-refractivity contribution is -0.130. The molecule has 0 aliphatic rings. The molecular formula is C24H23N3O4. The zero-order valence-electron chi connectivity index (χ0n) is 17.1. The molecule has 0 saturated carbocycles. The summed E-state index contributed by atoms with van der Waals surface area (Å²) in [5.74, 6) is -0.774. The molecule has 0 aliphatic carbocycles. The normalized spacial score (nSPS) is 10.1. The van der Waals surface area contributed by atoms with Gasteiger partial charge >= 0.3 is 0 Å². The van der Waals surface area contributed by atoms with Crippen LogP contribution in [-0.2, 0) is 9.59 Å². The van der Waals surface area contributed by atoms with Crippen LogP contribution in [0.2, 0.25) is 0 Å². The molecule has 0 aromatic heterocycles. The molecule has 7 nitrogen and oxygen atoms in total. The predicted molar refractivity (Wildman–Crippen MR) is 117 cm³/mol. The number of nitrogens with zero attached hydrogens (tertiary/aromatic N) is 1. The Morgan fingerprint density at radius 2 is 1.35 bits per heavy atom. The minimum Gasteiger partial charge on any atom is -0.483 e. The highest BCUT2D eigenvalue weighted by atomic mass is 16.5. The van der Waals surface area contributed by atoms with E-state index in [1.54, 1.807) is 36.4 Å². The summed E-state index contributed by atoms with van der Waals surface area (Å²) < 4.78 is 5.63. The van der Waals surface area contributed by atoms with Crippen LogP contribution in [0.5, 0.6) is 5.75 Å². The molecule has 0 atom stereocenters. The maximum atomic E-state index is 12.3. The highest BCUT2D eigenvalue weighted by Crippen LogP contribution is 2.29. The number of carbonyl (C=O) groups excluding carboxylic acids is 3. The van der Waals surface area contributed by atoms with Gasteiger partial charge in [0, 0.05) is 18.2 Å². The van der Waals surface area contributed by atoms with Crippen LogP contribution in [0.4, 0.5) is 0 Å². The monoisotopic (exact) mass is 417 g/mol. The van der Waals surface area contributed by atoms with E-state index in [0.29, 0.717) is 11.3 Å². The van der Waals surface area contributed by atoms with Crippen LogP contribution in [0.1, 0.15) is 10.4 Å². The van der Waals surface area contributed by atoms with Gasteiger partial charge in [-0.15, -0.1) is 0 Å². The highest BCUT2D eigenvalue weighted by Gasteiger charge is 2.15. The Labute approximate surface area is 180 Å². The number of nitrogens with one attached hydrogen (secondary N) is 2. The molecule has 3 amide bonds. The standard InChI is InChI=1S/C24H23N3O4/c1-27(24(30)19-12-6-3-7-13-19)16-22(28)25-26-23(29)17-31-21-15-9-8-14-20(21)18-10-4-2-5-11-18/h2-15H,16-17H2,1H3,(H,25,28)(H,26,29). The summed E-state index contributed by atoms with van der Waals surface area (Å²) in [6.07, 6.45) is 0. The molecule has 0 fully saturated rings. The lowest BCUT2D eigenvalue weighted by Crippen LogP contribution is -2.48. The molecule has 0 radical (unpaired) electrons. The van der Waals surface area contributed by atoms with E-state index in [4.69, 9.17) is 4.74 Å². The Morgan fingerprint density at radius 3 is 2.06 bits per heavy atom. The third kappa shape index (κ3) is 6.17. The number of likely N-dealkylation sites (N-methyl/N-ethyl adjacent to an activating group) is 1. The van der Waals surface area contributed by atoms with Gasteiger partial charge in [-0.25, -0.2) is 0 Å².